The van der Waals surface area contributed by atoms with Crippen LogP contribution in [0.4, 0.5) is 18.9 Å². The molecule has 0 radical (unpaired) electrons. The molecule has 0 spiro atoms. The summed E-state index contributed by atoms with van der Waals surface area (Å²) in [4.78, 5) is 23.0. The molecule has 0 fully saturated rings. The summed E-state index contributed by atoms with van der Waals surface area (Å²) in [6.45, 7) is 1.86. The Balaban J connectivity index is 3.10. The normalized spacial score (nSPS) is 13.3. The molecule has 0 saturated carbocycles. The lowest BCUT2D eigenvalue weighted by Crippen LogP contribution is -2.40. The zero-order valence-corrected chi connectivity index (χ0v) is 12.0. The highest BCUT2D eigenvalue weighted by Crippen LogP contribution is 2.20. The lowest BCUT2D eigenvalue weighted by atomic mass is 10.0. The average Bonchev–Trinajstić information content (AvgIpc) is 2.31. The van der Waals surface area contributed by atoms with E-state index in [4.69, 9.17) is 17.3 Å². The second-order valence-electron chi connectivity index (χ2n) is 4.72. The molecule has 1 amide bonds. The van der Waals surface area contributed by atoms with Crippen molar-refractivity contribution >= 4 is 23.2 Å². The van der Waals surface area contributed by atoms with Gasteiger partial charge in [0.1, 0.15) is 17.6 Å². The van der Waals surface area contributed by atoms with E-state index in [1.54, 1.807) is 13.8 Å². The average molecular weight is 327 g/mol. The fourth-order valence-electron chi connectivity index (χ4n) is 1.58. The number of alkyl halides is 3. The number of carbonyl (C=O) groups excluding carboxylic acids is 1. The van der Waals surface area contributed by atoms with Crippen LogP contribution in [0.1, 0.15) is 13.8 Å². The molecule has 21 heavy (non-hydrogen) atoms. The van der Waals surface area contributed by atoms with Gasteiger partial charge in [-0.15, -0.1) is 0 Å². The van der Waals surface area contributed by atoms with Crippen LogP contribution >= 0.6 is 11.6 Å². The third-order valence-corrected chi connectivity index (χ3v) is 2.96. The van der Waals surface area contributed by atoms with Gasteiger partial charge in [0.05, 0.1) is 11.9 Å². The number of amides is 1. The quantitative estimate of drug-likeness (QED) is 0.855. The Morgan fingerprint density at radius 1 is 1.52 bits per heavy atom. The van der Waals surface area contributed by atoms with Crippen molar-refractivity contribution in [3.05, 3.63) is 21.6 Å². The molecule has 1 aromatic rings. The lowest BCUT2D eigenvalue weighted by molar-refractivity contribution is -0.143. The monoisotopic (exact) mass is 326 g/mol. The SMILES string of the molecule is CC(C)C(Nc1cnn(CC(F)(F)F)c(=O)c1Cl)C(N)=O. The van der Waals surface area contributed by atoms with Crippen molar-refractivity contribution in [3.63, 3.8) is 0 Å². The standard InChI is InChI=1S/C11H14ClF3N4O2/c1-5(2)8(9(16)20)18-6-3-17-19(4-11(13,14)15)10(21)7(6)12/h3,5,8,18H,4H2,1-2H3,(H2,16,20). The molecule has 0 bridgehead atoms. The van der Waals surface area contributed by atoms with Gasteiger partial charge in [-0.3, -0.25) is 9.59 Å². The molecule has 6 nitrogen and oxygen atoms in total. The van der Waals surface area contributed by atoms with E-state index in [1.165, 1.54) is 0 Å². The number of hydrogen-bond donors (Lipinski definition) is 2. The van der Waals surface area contributed by atoms with E-state index in [9.17, 15) is 22.8 Å². The van der Waals surface area contributed by atoms with Crippen LogP contribution in [0.5, 0.6) is 0 Å². The highest BCUT2D eigenvalue weighted by Gasteiger charge is 2.30. The smallest absolute Gasteiger partial charge is 0.371 e. The van der Waals surface area contributed by atoms with Crippen LogP contribution in [0.3, 0.4) is 0 Å². The minimum atomic E-state index is -4.59. The van der Waals surface area contributed by atoms with Crippen LogP contribution < -0.4 is 16.6 Å². The van der Waals surface area contributed by atoms with Crippen LogP contribution in [0.25, 0.3) is 0 Å². The van der Waals surface area contributed by atoms with Gasteiger partial charge in [-0.25, -0.2) is 4.68 Å². The Morgan fingerprint density at radius 3 is 2.52 bits per heavy atom. The van der Waals surface area contributed by atoms with Gasteiger partial charge in [-0.05, 0) is 5.92 Å². The Labute approximate surface area is 123 Å². The maximum atomic E-state index is 12.3. The molecule has 0 aliphatic rings. The first kappa shape index (κ1) is 17.3. The van der Waals surface area contributed by atoms with Gasteiger partial charge in [-0.2, -0.15) is 18.3 Å². The summed E-state index contributed by atoms with van der Waals surface area (Å²) in [5, 5.41) is 5.51. The third-order valence-electron chi connectivity index (χ3n) is 2.60. The van der Waals surface area contributed by atoms with E-state index in [0.717, 1.165) is 6.20 Å². The number of nitrogens with two attached hydrogens (primary N) is 1. The van der Waals surface area contributed by atoms with Crippen LogP contribution in [-0.4, -0.2) is 27.9 Å². The van der Waals surface area contributed by atoms with E-state index in [2.05, 4.69) is 10.4 Å². The molecule has 1 aromatic heterocycles. The van der Waals surface area contributed by atoms with Gasteiger partial charge in [0, 0.05) is 0 Å². The van der Waals surface area contributed by atoms with Crippen molar-refractivity contribution in [2.45, 2.75) is 32.6 Å². The predicted molar refractivity (Wildman–Crippen MR) is 71.0 cm³/mol. The summed E-state index contributed by atoms with van der Waals surface area (Å²) >= 11 is 5.73. The van der Waals surface area contributed by atoms with Gasteiger partial charge in [-0.1, -0.05) is 25.4 Å². The molecule has 1 rings (SSSR count). The maximum Gasteiger partial charge on any atom is 0.408 e. The second kappa shape index (κ2) is 6.33. The molecule has 3 N–H and O–H groups in total. The molecule has 0 saturated heterocycles. The fraction of sp³-hybridized carbons (Fsp3) is 0.545. The highest BCUT2D eigenvalue weighted by molar-refractivity contribution is 6.33. The third kappa shape index (κ3) is 4.62. The minimum Gasteiger partial charge on any atom is -0.371 e. The molecule has 0 aliphatic carbocycles. The molecule has 1 atom stereocenters. The van der Waals surface area contributed by atoms with Crippen molar-refractivity contribution in [1.29, 1.82) is 0 Å². The van der Waals surface area contributed by atoms with Gasteiger partial charge < -0.3 is 11.1 Å². The Kier molecular flexibility index (Phi) is 5.21. The number of nitrogens with zero attached hydrogens (tertiary/aromatic N) is 2. The molecule has 118 valence electrons. The molecule has 1 heterocycles. The number of rotatable bonds is 5. The second-order valence-corrected chi connectivity index (χ2v) is 5.10. The zero-order valence-electron chi connectivity index (χ0n) is 11.2. The van der Waals surface area contributed by atoms with Crippen molar-refractivity contribution in [2.75, 3.05) is 5.32 Å². The Bertz CT molecular complexity index is 586. The predicted octanol–water partition coefficient (Wildman–Crippen LogP) is 1.38. The zero-order chi connectivity index (χ0) is 16.4. The lowest BCUT2D eigenvalue weighted by Gasteiger charge is -2.20. The van der Waals surface area contributed by atoms with Crippen molar-refractivity contribution in [1.82, 2.24) is 9.78 Å². The summed E-state index contributed by atoms with van der Waals surface area (Å²) in [6, 6.07) is -0.831. The largest absolute Gasteiger partial charge is 0.408 e. The number of nitrogens with one attached hydrogen (secondary N) is 1. The topological polar surface area (TPSA) is 90.0 Å². The highest BCUT2D eigenvalue weighted by atomic mass is 35.5. The van der Waals surface area contributed by atoms with E-state index in [1.807, 2.05) is 0 Å². The van der Waals surface area contributed by atoms with Gasteiger partial charge in [0.15, 0.2) is 0 Å². The minimum absolute atomic E-state index is 0.0439. The number of primary amides is 1. The summed E-state index contributed by atoms with van der Waals surface area (Å²) in [6.07, 6.45) is -3.64. The first-order valence-electron chi connectivity index (χ1n) is 5.91. The van der Waals surface area contributed by atoms with Crippen LogP contribution in [0.15, 0.2) is 11.0 Å². The molecule has 10 heteroatoms. The molecule has 0 aliphatic heterocycles. The van der Waals surface area contributed by atoms with Crippen LogP contribution in [-0.2, 0) is 11.3 Å². The number of halogens is 4. The van der Waals surface area contributed by atoms with Crippen molar-refractivity contribution in [2.24, 2.45) is 11.7 Å². The molecule has 0 aromatic carbocycles. The van der Waals surface area contributed by atoms with E-state index < -0.39 is 35.3 Å². The summed E-state index contributed by atoms with van der Waals surface area (Å²) < 4.78 is 37.0. The van der Waals surface area contributed by atoms with Crippen LogP contribution in [0, 0.1) is 5.92 Å². The Morgan fingerprint density at radius 2 is 2.10 bits per heavy atom. The van der Waals surface area contributed by atoms with Gasteiger partial charge in [0.2, 0.25) is 5.91 Å². The van der Waals surface area contributed by atoms with E-state index in [0.29, 0.717) is 0 Å². The number of aromatic nitrogens is 2. The van der Waals surface area contributed by atoms with Crippen molar-refractivity contribution < 1.29 is 18.0 Å². The van der Waals surface area contributed by atoms with E-state index in [-0.39, 0.29) is 16.3 Å². The number of hydrogen-bond acceptors (Lipinski definition) is 4. The number of anilines is 1. The molecular formula is C11H14ClF3N4O2. The van der Waals surface area contributed by atoms with Gasteiger partial charge >= 0.3 is 6.18 Å². The summed E-state index contributed by atoms with van der Waals surface area (Å²) in [5.74, 6) is -0.892. The first-order valence-corrected chi connectivity index (χ1v) is 6.29. The maximum absolute atomic E-state index is 12.3. The Hall–Kier alpha value is -1.77. The first-order chi connectivity index (χ1) is 9.53. The summed E-state index contributed by atoms with van der Waals surface area (Å²) in [5.41, 5.74) is 4.04. The van der Waals surface area contributed by atoms with E-state index >= 15 is 0 Å². The molecular weight excluding hydrogens is 313 g/mol. The van der Waals surface area contributed by atoms with Crippen LogP contribution in [0.2, 0.25) is 5.02 Å². The summed E-state index contributed by atoms with van der Waals surface area (Å²) in [7, 11) is 0. The van der Waals surface area contributed by atoms with Crippen molar-refractivity contribution in [3.8, 4) is 0 Å². The van der Waals surface area contributed by atoms with Gasteiger partial charge in [0.25, 0.3) is 5.56 Å². The fourth-order valence-corrected chi connectivity index (χ4v) is 1.78. The number of carbonyl (C=O) groups is 1. The molecule has 1 unspecified atom stereocenters.